The van der Waals surface area contributed by atoms with Crippen molar-refractivity contribution in [2.24, 2.45) is 0 Å². The molecule has 0 N–H and O–H groups in total. The number of rotatable bonds is 2. The van der Waals surface area contributed by atoms with Crippen molar-refractivity contribution in [2.45, 2.75) is 6.42 Å². The van der Waals surface area contributed by atoms with Gasteiger partial charge in [0.25, 0.3) is 0 Å². The Kier molecular flexibility index (Phi) is 5.47. The zero-order chi connectivity index (χ0) is 7.40. The summed E-state index contributed by atoms with van der Waals surface area (Å²) in [6.45, 7) is 3.53. The van der Waals surface area contributed by atoms with Crippen LogP contribution in [0.1, 0.15) is 5.56 Å². The van der Waals surface area contributed by atoms with Gasteiger partial charge in [-0.3, -0.25) is 0 Å². The molecule has 0 saturated carbocycles. The zero-order valence-electron chi connectivity index (χ0n) is 5.68. The molecule has 0 spiro atoms. The molecule has 0 atom stereocenters. The fourth-order valence-corrected chi connectivity index (χ4v) is 0.819. The number of hydrogen-bond acceptors (Lipinski definition) is 0. The molecule has 0 fully saturated rings. The Bertz CT molecular complexity index is 233. The quantitative estimate of drug-likeness (QED) is 0.458. The van der Waals surface area contributed by atoms with E-state index in [1.54, 1.807) is 18.2 Å². The van der Waals surface area contributed by atoms with Gasteiger partial charge < -0.3 is 0 Å². The van der Waals surface area contributed by atoms with Crippen molar-refractivity contribution in [3.8, 4) is 0 Å². The summed E-state index contributed by atoms with van der Waals surface area (Å²) in [5.74, 6) is -0.151. The number of benzene rings is 1. The molecule has 0 aliphatic carbocycles. The zero-order valence-corrected chi connectivity index (χ0v) is 5.68. The topological polar surface area (TPSA) is 0 Å². The van der Waals surface area contributed by atoms with E-state index in [0.717, 1.165) is 0 Å². The van der Waals surface area contributed by atoms with Crippen molar-refractivity contribution in [2.75, 3.05) is 0 Å². The summed E-state index contributed by atoms with van der Waals surface area (Å²) in [5.41, 5.74) is 0.706. The van der Waals surface area contributed by atoms with E-state index in [2.05, 4.69) is 6.58 Å². The maximum atomic E-state index is 12.7. The summed E-state index contributed by atoms with van der Waals surface area (Å²) in [5, 5.41) is 0. The molecular weight excluding hydrogens is 150 g/mol. The minimum atomic E-state index is -0.151. The van der Waals surface area contributed by atoms with Gasteiger partial charge in [0.1, 0.15) is 5.82 Å². The van der Waals surface area contributed by atoms with E-state index < -0.39 is 0 Å². The van der Waals surface area contributed by atoms with Gasteiger partial charge in [-0.1, -0.05) is 24.3 Å². The monoisotopic (exact) mass is 160 g/mol. The van der Waals surface area contributed by atoms with E-state index in [-0.39, 0.29) is 35.4 Å². The molecule has 1 aromatic rings. The van der Waals surface area contributed by atoms with Crippen molar-refractivity contribution < 1.29 is 4.39 Å². The van der Waals surface area contributed by atoms with Crippen LogP contribution >= 0.6 is 0 Å². The summed E-state index contributed by atoms with van der Waals surface area (Å²) in [6.07, 6.45) is 2.30. The van der Waals surface area contributed by atoms with Gasteiger partial charge in [0.15, 0.2) is 0 Å². The first-order chi connectivity index (χ1) is 4.84. The van der Waals surface area contributed by atoms with Crippen molar-refractivity contribution in [1.29, 1.82) is 0 Å². The Balaban J connectivity index is 0.000001000. The summed E-state index contributed by atoms with van der Waals surface area (Å²) in [4.78, 5) is 0. The Hall–Kier alpha value is -0.110. The molecule has 0 radical (unpaired) electrons. The number of allylic oxidation sites excluding steroid dienone is 1. The van der Waals surface area contributed by atoms with Crippen LogP contribution in [0.5, 0.6) is 0 Å². The third-order valence-corrected chi connectivity index (χ3v) is 1.32. The normalized spacial score (nSPS) is 8.45. The molecular formula is C9H10FNa. The molecule has 1 aromatic carbocycles. The van der Waals surface area contributed by atoms with Crippen LogP contribution < -0.4 is 0 Å². The van der Waals surface area contributed by atoms with Gasteiger partial charge >= 0.3 is 29.6 Å². The standard InChI is InChI=1S/C9H9F.Na.H/c1-2-5-8-6-3-4-7-9(8)10;;/h2-4,6-7H,1,5H2;;. The molecule has 1 rings (SSSR count). The Morgan fingerprint density at radius 3 is 2.55 bits per heavy atom. The Labute approximate surface area is 88.4 Å². The van der Waals surface area contributed by atoms with Crippen LogP contribution in [0.4, 0.5) is 4.39 Å². The van der Waals surface area contributed by atoms with E-state index in [9.17, 15) is 4.39 Å². The number of hydrogen-bond donors (Lipinski definition) is 0. The average molecular weight is 160 g/mol. The van der Waals surface area contributed by atoms with E-state index >= 15 is 0 Å². The van der Waals surface area contributed by atoms with Gasteiger partial charge in [-0.2, -0.15) is 0 Å². The molecule has 0 bridgehead atoms. The minimum absolute atomic E-state index is 0. The predicted octanol–water partition coefficient (Wildman–Crippen LogP) is 1.91. The van der Waals surface area contributed by atoms with Crippen LogP contribution in [-0.2, 0) is 6.42 Å². The first-order valence-corrected chi connectivity index (χ1v) is 3.19. The molecule has 0 aliphatic heterocycles. The van der Waals surface area contributed by atoms with Crippen LogP contribution in [0, 0.1) is 5.82 Å². The van der Waals surface area contributed by atoms with Crippen LogP contribution in [0.15, 0.2) is 36.9 Å². The third kappa shape index (κ3) is 3.19. The molecule has 2 heteroatoms. The first-order valence-electron chi connectivity index (χ1n) is 3.19. The summed E-state index contributed by atoms with van der Waals surface area (Å²) >= 11 is 0. The molecule has 54 valence electrons. The van der Waals surface area contributed by atoms with Gasteiger partial charge in [0.2, 0.25) is 0 Å². The maximum absolute atomic E-state index is 12.7. The van der Waals surface area contributed by atoms with Gasteiger partial charge in [-0.15, -0.1) is 6.58 Å². The van der Waals surface area contributed by atoms with Crippen LogP contribution in [-0.4, -0.2) is 29.6 Å². The second-order valence-corrected chi connectivity index (χ2v) is 2.08. The van der Waals surface area contributed by atoms with Crippen LogP contribution in [0.3, 0.4) is 0 Å². The summed E-state index contributed by atoms with van der Waals surface area (Å²) in [6, 6.07) is 6.72. The third-order valence-electron chi connectivity index (χ3n) is 1.32. The average Bonchev–Trinajstić information content (AvgIpc) is 1.94. The fraction of sp³-hybridized carbons (Fsp3) is 0.111. The second-order valence-electron chi connectivity index (χ2n) is 2.08. The van der Waals surface area contributed by atoms with E-state index in [1.807, 2.05) is 6.07 Å². The second kappa shape index (κ2) is 5.53. The Morgan fingerprint density at radius 1 is 1.36 bits per heavy atom. The molecule has 0 heterocycles. The predicted molar refractivity (Wildman–Crippen MR) is 47.5 cm³/mol. The van der Waals surface area contributed by atoms with Crippen molar-refractivity contribution in [3.63, 3.8) is 0 Å². The molecule has 11 heavy (non-hydrogen) atoms. The summed E-state index contributed by atoms with van der Waals surface area (Å²) in [7, 11) is 0. The molecule has 0 amide bonds. The molecule has 0 aliphatic rings. The molecule has 0 aromatic heterocycles. The molecule has 0 unspecified atom stereocenters. The van der Waals surface area contributed by atoms with E-state index in [0.29, 0.717) is 12.0 Å². The molecule has 0 saturated heterocycles. The Morgan fingerprint density at radius 2 is 2.00 bits per heavy atom. The van der Waals surface area contributed by atoms with E-state index in [4.69, 9.17) is 0 Å². The van der Waals surface area contributed by atoms with Gasteiger partial charge in [-0.05, 0) is 18.1 Å². The van der Waals surface area contributed by atoms with Crippen molar-refractivity contribution in [3.05, 3.63) is 48.3 Å². The fourth-order valence-electron chi connectivity index (χ4n) is 0.819. The van der Waals surface area contributed by atoms with Gasteiger partial charge in [0.05, 0.1) is 0 Å². The van der Waals surface area contributed by atoms with Crippen LogP contribution in [0.25, 0.3) is 0 Å². The van der Waals surface area contributed by atoms with Crippen molar-refractivity contribution >= 4 is 29.6 Å². The van der Waals surface area contributed by atoms with Crippen molar-refractivity contribution in [1.82, 2.24) is 0 Å². The van der Waals surface area contributed by atoms with Crippen LogP contribution in [0.2, 0.25) is 0 Å². The molecule has 0 nitrogen and oxygen atoms in total. The number of halogens is 1. The van der Waals surface area contributed by atoms with E-state index in [1.165, 1.54) is 6.07 Å². The van der Waals surface area contributed by atoms with Gasteiger partial charge in [-0.25, -0.2) is 4.39 Å². The van der Waals surface area contributed by atoms with Gasteiger partial charge in [0, 0.05) is 0 Å². The SMILES string of the molecule is C=CCc1ccccc1F.[NaH]. The first kappa shape index (κ1) is 10.9. The summed E-state index contributed by atoms with van der Waals surface area (Å²) < 4.78 is 12.7.